The summed E-state index contributed by atoms with van der Waals surface area (Å²) in [5.41, 5.74) is 2.03. The summed E-state index contributed by atoms with van der Waals surface area (Å²) in [7, 11) is 0. The zero-order chi connectivity index (χ0) is 15.0. The van der Waals surface area contributed by atoms with E-state index in [9.17, 15) is 9.59 Å². The van der Waals surface area contributed by atoms with Crippen molar-refractivity contribution in [2.45, 2.75) is 33.8 Å². The van der Waals surface area contributed by atoms with Crippen LogP contribution in [-0.4, -0.2) is 18.5 Å². The number of carbonyl (C=O) groups is 2. The van der Waals surface area contributed by atoms with Gasteiger partial charge in [-0.25, -0.2) is 4.79 Å². The third-order valence-electron chi connectivity index (χ3n) is 2.69. The molecule has 4 nitrogen and oxygen atoms in total. The molecule has 0 aromatic heterocycles. The quantitative estimate of drug-likeness (QED) is 0.592. The molecule has 4 heteroatoms. The Morgan fingerprint density at radius 3 is 2.25 bits per heavy atom. The zero-order valence-electron chi connectivity index (χ0n) is 12.1. The van der Waals surface area contributed by atoms with Crippen molar-refractivity contribution in [2.75, 3.05) is 6.61 Å². The molecule has 0 heterocycles. The first kappa shape index (κ1) is 16.0. The van der Waals surface area contributed by atoms with E-state index in [4.69, 9.17) is 9.47 Å². The molecule has 0 radical (unpaired) electrons. The van der Waals surface area contributed by atoms with Gasteiger partial charge in [-0.1, -0.05) is 35.9 Å². The molecule has 0 aliphatic carbocycles. The molecule has 108 valence electrons. The van der Waals surface area contributed by atoms with E-state index in [0.717, 1.165) is 11.1 Å². The van der Waals surface area contributed by atoms with Gasteiger partial charge >= 0.3 is 11.9 Å². The van der Waals surface area contributed by atoms with Crippen molar-refractivity contribution in [3.8, 4) is 0 Å². The SMILES string of the molecule is CCOC(=O)CC(C(=O)OCc1ccccc1)=C(C)C. The Morgan fingerprint density at radius 2 is 1.70 bits per heavy atom. The molecule has 0 spiro atoms. The van der Waals surface area contributed by atoms with E-state index >= 15 is 0 Å². The second kappa shape index (κ2) is 8.15. The van der Waals surface area contributed by atoms with Gasteiger partial charge in [0.25, 0.3) is 0 Å². The molecule has 0 saturated carbocycles. The van der Waals surface area contributed by atoms with Gasteiger partial charge in [-0.15, -0.1) is 0 Å². The fraction of sp³-hybridized carbons (Fsp3) is 0.375. The minimum atomic E-state index is -0.470. The third kappa shape index (κ3) is 5.26. The van der Waals surface area contributed by atoms with Gasteiger partial charge in [0, 0.05) is 5.57 Å². The first-order valence-corrected chi connectivity index (χ1v) is 6.57. The predicted octanol–water partition coefficient (Wildman–Crippen LogP) is 3.02. The predicted molar refractivity (Wildman–Crippen MR) is 75.9 cm³/mol. The summed E-state index contributed by atoms with van der Waals surface area (Å²) < 4.78 is 10.1. The highest BCUT2D eigenvalue weighted by Gasteiger charge is 2.17. The van der Waals surface area contributed by atoms with Crippen LogP contribution in [0.15, 0.2) is 41.5 Å². The molecule has 1 rings (SSSR count). The van der Waals surface area contributed by atoms with Crippen LogP contribution >= 0.6 is 0 Å². The monoisotopic (exact) mass is 276 g/mol. The Morgan fingerprint density at radius 1 is 1.05 bits per heavy atom. The lowest BCUT2D eigenvalue weighted by atomic mass is 10.1. The molecule has 0 unspecified atom stereocenters. The van der Waals surface area contributed by atoms with E-state index in [1.54, 1.807) is 20.8 Å². The van der Waals surface area contributed by atoms with Crippen molar-refractivity contribution < 1.29 is 19.1 Å². The van der Waals surface area contributed by atoms with Gasteiger partial charge in [0.05, 0.1) is 13.0 Å². The number of hydrogen-bond acceptors (Lipinski definition) is 4. The summed E-state index contributed by atoms with van der Waals surface area (Å²) in [4.78, 5) is 23.5. The highest BCUT2D eigenvalue weighted by Crippen LogP contribution is 2.13. The van der Waals surface area contributed by atoms with Crippen LogP contribution in [0.4, 0.5) is 0 Å². The molecule has 0 amide bonds. The first-order valence-electron chi connectivity index (χ1n) is 6.57. The second-order valence-electron chi connectivity index (χ2n) is 4.52. The largest absolute Gasteiger partial charge is 0.466 e. The van der Waals surface area contributed by atoms with Crippen LogP contribution in [0.25, 0.3) is 0 Å². The summed E-state index contributed by atoms with van der Waals surface area (Å²) in [6, 6.07) is 9.41. The molecular formula is C16H20O4. The average Bonchev–Trinajstić information content (AvgIpc) is 2.43. The minimum absolute atomic E-state index is 0.0518. The summed E-state index contributed by atoms with van der Waals surface area (Å²) >= 11 is 0. The molecule has 0 N–H and O–H groups in total. The maximum atomic E-state index is 12.0. The van der Waals surface area contributed by atoms with Crippen molar-refractivity contribution in [3.63, 3.8) is 0 Å². The third-order valence-corrected chi connectivity index (χ3v) is 2.69. The van der Waals surface area contributed by atoms with Gasteiger partial charge in [-0.05, 0) is 26.3 Å². The molecule has 1 aromatic carbocycles. The molecule has 0 bridgehead atoms. The highest BCUT2D eigenvalue weighted by molar-refractivity contribution is 5.94. The Bertz CT molecular complexity index is 484. The van der Waals surface area contributed by atoms with Crippen molar-refractivity contribution in [1.29, 1.82) is 0 Å². The maximum absolute atomic E-state index is 12.0. The summed E-state index contributed by atoms with van der Waals surface area (Å²) in [6.07, 6.45) is -0.0518. The van der Waals surface area contributed by atoms with Crippen LogP contribution in [-0.2, 0) is 25.7 Å². The molecular weight excluding hydrogens is 256 g/mol. The highest BCUT2D eigenvalue weighted by atomic mass is 16.5. The Hall–Kier alpha value is -2.10. The van der Waals surface area contributed by atoms with Crippen molar-refractivity contribution in [2.24, 2.45) is 0 Å². The Kier molecular flexibility index (Phi) is 6.50. The van der Waals surface area contributed by atoms with Crippen molar-refractivity contribution >= 4 is 11.9 Å². The van der Waals surface area contributed by atoms with Crippen LogP contribution in [0.1, 0.15) is 32.8 Å². The number of hydrogen-bond donors (Lipinski definition) is 0. The molecule has 0 aliphatic heterocycles. The summed E-state index contributed by atoms with van der Waals surface area (Å²) in [5, 5.41) is 0. The van der Waals surface area contributed by atoms with E-state index in [1.807, 2.05) is 30.3 Å². The number of carbonyl (C=O) groups excluding carboxylic acids is 2. The lowest BCUT2D eigenvalue weighted by molar-refractivity contribution is -0.146. The molecule has 0 atom stereocenters. The van der Waals surface area contributed by atoms with Gasteiger partial charge in [0.1, 0.15) is 6.61 Å². The molecule has 20 heavy (non-hydrogen) atoms. The van der Waals surface area contributed by atoms with Crippen molar-refractivity contribution in [3.05, 3.63) is 47.0 Å². The minimum Gasteiger partial charge on any atom is -0.466 e. The van der Waals surface area contributed by atoms with Crippen molar-refractivity contribution in [1.82, 2.24) is 0 Å². The normalized spacial score (nSPS) is 9.75. The smallest absolute Gasteiger partial charge is 0.334 e. The number of benzene rings is 1. The molecule has 0 saturated heterocycles. The standard InChI is InChI=1S/C16H20O4/c1-4-19-15(17)10-14(12(2)3)16(18)20-11-13-8-6-5-7-9-13/h5-9H,4,10-11H2,1-3H3. The zero-order valence-corrected chi connectivity index (χ0v) is 12.1. The van der Waals surface area contributed by atoms with Crippen LogP contribution in [0.5, 0.6) is 0 Å². The summed E-state index contributed by atoms with van der Waals surface area (Å²) in [6.45, 7) is 5.78. The number of ether oxygens (including phenoxy) is 2. The van der Waals surface area contributed by atoms with E-state index < -0.39 is 11.9 Å². The lowest BCUT2D eigenvalue weighted by Gasteiger charge is -2.10. The maximum Gasteiger partial charge on any atom is 0.334 e. The van der Waals surface area contributed by atoms with Gasteiger partial charge in [-0.2, -0.15) is 0 Å². The molecule has 0 fully saturated rings. The van der Waals surface area contributed by atoms with Gasteiger partial charge in [0.15, 0.2) is 0 Å². The van der Waals surface area contributed by atoms with Gasteiger partial charge in [0.2, 0.25) is 0 Å². The fourth-order valence-corrected chi connectivity index (χ4v) is 1.62. The Balaban J connectivity index is 2.62. The van der Waals surface area contributed by atoms with Crippen LogP contribution in [0.2, 0.25) is 0 Å². The number of esters is 2. The second-order valence-corrected chi connectivity index (χ2v) is 4.52. The van der Waals surface area contributed by atoms with Gasteiger partial charge < -0.3 is 9.47 Å². The van der Waals surface area contributed by atoms with E-state index in [0.29, 0.717) is 12.2 Å². The molecule has 1 aromatic rings. The molecule has 0 aliphatic rings. The first-order chi connectivity index (χ1) is 9.54. The lowest BCUT2D eigenvalue weighted by Crippen LogP contribution is -2.14. The van der Waals surface area contributed by atoms with Crippen LogP contribution in [0, 0.1) is 0 Å². The topological polar surface area (TPSA) is 52.6 Å². The number of rotatable bonds is 6. The van der Waals surface area contributed by atoms with Gasteiger partial charge in [-0.3, -0.25) is 4.79 Å². The van der Waals surface area contributed by atoms with Crippen LogP contribution < -0.4 is 0 Å². The fourth-order valence-electron chi connectivity index (χ4n) is 1.62. The Labute approximate surface area is 119 Å². The van der Waals surface area contributed by atoms with Crippen LogP contribution in [0.3, 0.4) is 0 Å². The van der Waals surface area contributed by atoms with E-state index in [1.165, 1.54) is 0 Å². The summed E-state index contributed by atoms with van der Waals surface area (Å²) in [5.74, 6) is -0.887. The number of allylic oxidation sites excluding steroid dienone is 1. The average molecular weight is 276 g/mol. The van der Waals surface area contributed by atoms with E-state index in [-0.39, 0.29) is 13.0 Å². The van der Waals surface area contributed by atoms with E-state index in [2.05, 4.69) is 0 Å².